The quantitative estimate of drug-likeness (QED) is 0.647. The van der Waals surface area contributed by atoms with Crippen molar-refractivity contribution in [3.63, 3.8) is 0 Å². The van der Waals surface area contributed by atoms with Crippen molar-refractivity contribution in [2.75, 3.05) is 31.1 Å². The van der Waals surface area contributed by atoms with Crippen molar-refractivity contribution in [2.24, 2.45) is 0 Å². The smallest absolute Gasteiger partial charge is 0.416 e. The number of anilines is 1. The van der Waals surface area contributed by atoms with Crippen LogP contribution in [0, 0.1) is 0 Å². The van der Waals surface area contributed by atoms with Crippen LogP contribution in [0.5, 0.6) is 0 Å². The number of fused-ring (bicyclic) bond motifs is 1. The second-order valence-electron chi connectivity index (χ2n) is 8.87. The maximum absolute atomic E-state index is 12.9. The second kappa shape index (κ2) is 9.82. The molecule has 11 heteroatoms. The number of carbonyl (C=O) groups excluding carboxylic acids is 2. The summed E-state index contributed by atoms with van der Waals surface area (Å²) >= 11 is 3.39. The summed E-state index contributed by atoms with van der Waals surface area (Å²) in [6.45, 7) is 10.6. The monoisotopic (exact) mass is 499 g/mol. The molecule has 0 atom stereocenters. The van der Waals surface area contributed by atoms with Crippen molar-refractivity contribution in [3.05, 3.63) is 22.9 Å². The first-order chi connectivity index (χ1) is 14.3. The summed E-state index contributed by atoms with van der Waals surface area (Å²) < 4.78 is 13.2. The van der Waals surface area contributed by atoms with Crippen LogP contribution in [-0.4, -0.2) is 74.2 Å². The summed E-state index contributed by atoms with van der Waals surface area (Å²) in [5.74, 6) is 0.344. The average Bonchev–Trinajstić information content (AvgIpc) is 2.98. The van der Waals surface area contributed by atoms with Crippen LogP contribution in [0.3, 0.4) is 0 Å². The van der Waals surface area contributed by atoms with Gasteiger partial charge in [-0.15, -0.1) is 0 Å². The van der Waals surface area contributed by atoms with Crippen molar-refractivity contribution in [2.45, 2.75) is 52.7 Å². The molecule has 0 radical (unpaired) electrons. The van der Waals surface area contributed by atoms with E-state index in [0.29, 0.717) is 15.9 Å². The van der Waals surface area contributed by atoms with Gasteiger partial charge in [0.15, 0.2) is 5.65 Å². The summed E-state index contributed by atoms with van der Waals surface area (Å²) in [6, 6.07) is 1.64. The summed E-state index contributed by atoms with van der Waals surface area (Å²) in [5, 5.41) is 13.5. The van der Waals surface area contributed by atoms with Crippen LogP contribution in [0.4, 0.5) is 15.4 Å². The fraction of sp³-hybridized carbons (Fsp3) is 0.600. The summed E-state index contributed by atoms with van der Waals surface area (Å²) in [6.07, 6.45) is 2.11. The molecular weight excluding hydrogens is 470 g/mol. The van der Waals surface area contributed by atoms with E-state index in [9.17, 15) is 14.7 Å². The number of ether oxygens (including phenoxy) is 2. The van der Waals surface area contributed by atoms with Gasteiger partial charge in [-0.1, -0.05) is 0 Å². The predicted octanol–water partition coefficient (Wildman–Crippen LogP) is 3.46. The van der Waals surface area contributed by atoms with E-state index < -0.39 is 23.4 Å². The van der Waals surface area contributed by atoms with Gasteiger partial charge in [-0.05, 0) is 63.5 Å². The van der Waals surface area contributed by atoms with E-state index in [2.05, 4.69) is 26.0 Å². The minimum Gasteiger partial charge on any atom is -0.444 e. The lowest BCUT2D eigenvalue weighted by molar-refractivity contribution is 0.0218. The van der Waals surface area contributed by atoms with E-state index in [4.69, 9.17) is 9.47 Å². The highest BCUT2D eigenvalue weighted by atomic mass is 79.9. The molecule has 0 spiro atoms. The Morgan fingerprint density at radius 3 is 2.26 bits per heavy atom. The highest BCUT2D eigenvalue weighted by Crippen LogP contribution is 2.21. The minimum absolute atomic E-state index is 0.0672. The number of aliphatic hydroxyl groups excluding tert-OH is 1. The first-order valence-electron chi connectivity index (χ1n) is 9.90. The molecule has 0 unspecified atom stereocenters. The number of nitrogens with zero attached hydrogens (tertiary/aromatic N) is 5. The molecule has 0 aromatic carbocycles. The molecule has 2 rings (SSSR count). The Labute approximate surface area is 190 Å². The Morgan fingerprint density at radius 2 is 1.68 bits per heavy atom. The third kappa shape index (κ3) is 7.35. The average molecular weight is 500 g/mol. The molecule has 0 aliphatic carbocycles. The molecule has 2 amide bonds. The van der Waals surface area contributed by atoms with E-state index in [1.165, 1.54) is 9.80 Å². The molecule has 0 aliphatic rings. The summed E-state index contributed by atoms with van der Waals surface area (Å²) in [5.41, 5.74) is -0.867. The van der Waals surface area contributed by atoms with Gasteiger partial charge in [-0.3, -0.25) is 4.90 Å². The highest BCUT2D eigenvalue weighted by Gasteiger charge is 2.27. The predicted molar refractivity (Wildman–Crippen MR) is 119 cm³/mol. The lowest BCUT2D eigenvalue weighted by atomic mass is 10.2. The molecule has 0 aliphatic heterocycles. The lowest BCUT2D eigenvalue weighted by Crippen LogP contribution is -2.45. The third-order valence-electron chi connectivity index (χ3n) is 3.82. The standard InChI is InChI=1S/C20H30BrN5O5/c1-19(2,3)30-17(28)24(11-12-27)9-10-25(18(29)31-20(4,5)6)15-7-8-26-16(23-15)14(21)13-22-26/h7-8,13,27H,9-12H2,1-6H3. The molecule has 2 aromatic heterocycles. The Bertz CT molecular complexity index is 919. The number of halogens is 1. The molecule has 2 heterocycles. The molecule has 0 bridgehead atoms. The van der Waals surface area contributed by atoms with Crippen LogP contribution >= 0.6 is 15.9 Å². The molecule has 10 nitrogen and oxygen atoms in total. The molecule has 0 fully saturated rings. The first-order valence-corrected chi connectivity index (χ1v) is 10.7. The van der Waals surface area contributed by atoms with Crippen LogP contribution in [0.2, 0.25) is 0 Å². The minimum atomic E-state index is -0.716. The van der Waals surface area contributed by atoms with Gasteiger partial charge in [0.2, 0.25) is 0 Å². The van der Waals surface area contributed by atoms with Crippen LogP contribution in [0.1, 0.15) is 41.5 Å². The van der Waals surface area contributed by atoms with Crippen molar-refractivity contribution in [1.82, 2.24) is 19.5 Å². The number of aliphatic hydroxyl groups is 1. The van der Waals surface area contributed by atoms with Crippen molar-refractivity contribution >= 4 is 39.6 Å². The highest BCUT2D eigenvalue weighted by molar-refractivity contribution is 9.10. The fourth-order valence-corrected chi connectivity index (χ4v) is 2.92. The summed E-state index contributed by atoms with van der Waals surface area (Å²) in [7, 11) is 0. The molecular formula is C20H30BrN5O5. The van der Waals surface area contributed by atoms with E-state index in [1.54, 1.807) is 64.5 Å². The van der Waals surface area contributed by atoms with E-state index in [-0.39, 0.29) is 26.2 Å². The SMILES string of the molecule is CC(C)(C)OC(=O)N(CCO)CCN(C(=O)OC(C)(C)C)c1ccn2ncc(Br)c2n1. The van der Waals surface area contributed by atoms with E-state index >= 15 is 0 Å². The van der Waals surface area contributed by atoms with Gasteiger partial charge in [0.05, 0.1) is 17.3 Å². The van der Waals surface area contributed by atoms with Gasteiger partial charge in [0.1, 0.15) is 17.0 Å². The Kier molecular flexibility index (Phi) is 7.87. The number of hydrogen-bond acceptors (Lipinski definition) is 7. The number of amides is 2. The Morgan fingerprint density at radius 1 is 1.06 bits per heavy atom. The van der Waals surface area contributed by atoms with Crippen LogP contribution in [0.15, 0.2) is 22.9 Å². The van der Waals surface area contributed by atoms with Crippen molar-refractivity contribution in [1.29, 1.82) is 0 Å². The van der Waals surface area contributed by atoms with E-state index in [1.807, 2.05) is 0 Å². The Hall–Kier alpha value is -2.40. The molecule has 0 saturated heterocycles. The zero-order chi connectivity index (χ0) is 23.4. The maximum atomic E-state index is 12.9. The first kappa shape index (κ1) is 24.9. The number of hydrogen-bond donors (Lipinski definition) is 1. The van der Waals surface area contributed by atoms with Gasteiger partial charge < -0.3 is 19.5 Å². The largest absolute Gasteiger partial charge is 0.444 e. The van der Waals surface area contributed by atoms with Gasteiger partial charge >= 0.3 is 12.2 Å². The zero-order valence-corrected chi connectivity index (χ0v) is 20.3. The lowest BCUT2D eigenvalue weighted by Gasteiger charge is -2.30. The topological polar surface area (TPSA) is 110 Å². The van der Waals surface area contributed by atoms with E-state index in [0.717, 1.165) is 0 Å². The molecule has 0 saturated carbocycles. The molecule has 1 N–H and O–H groups in total. The number of carbonyl (C=O) groups is 2. The second-order valence-corrected chi connectivity index (χ2v) is 9.72. The summed E-state index contributed by atoms with van der Waals surface area (Å²) in [4.78, 5) is 32.6. The van der Waals surface area contributed by atoms with Crippen LogP contribution in [0.25, 0.3) is 5.65 Å². The van der Waals surface area contributed by atoms with Gasteiger partial charge in [0.25, 0.3) is 0 Å². The van der Waals surface area contributed by atoms with Crippen molar-refractivity contribution in [3.8, 4) is 0 Å². The van der Waals surface area contributed by atoms with Crippen LogP contribution < -0.4 is 4.90 Å². The molecule has 31 heavy (non-hydrogen) atoms. The molecule has 172 valence electrons. The van der Waals surface area contributed by atoms with Crippen LogP contribution in [-0.2, 0) is 9.47 Å². The zero-order valence-electron chi connectivity index (χ0n) is 18.8. The molecule has 2 aromatic rings. The maximum Gasteiger partial charge on any atom is 0.416 e. The van der Waals surface area contributed by atoms with Gasteiger partial charge in [-0.25, -0.2) is 19.1 Å². The Balaban J connectivity index is 2.29. The van der Waals surface area contributed by atoms with Crippen molar-refractivity contribution < 1.29 is 24.2 Å². The number of aromatic nitrogens is 3. The normalized spacial score (nSPS) is 12.0. The third-order valence-corrected chi connectivity index (χ3v) is 4.38. The van der Waals surface area contributed by atoms with Gasteiger partial charge in [0, 0.05) is 25.8 Å². The van der Waals surface area contributed by atoms with Gasteiger partial charge in [-0.2, -0.15) is 5.10 Å². The fourth-order valence-electron chi connectivity index (χ4n) is 2.56. The number of rotatable bonds is 6.